The normalized spacial score (nSPS) is 20.6. The lowest BCUT2D eigenvalue weighted by molar-refractivity contribution is -0.165. The van der Waals surface area contributed by atoms with Crippen LogP contribution in [0.2, 0.25) is 0 Å². The number of nitrogens with zero attached hydrogens (tertiary/aromatic N) is 2. The van der Waals surface area contributed by atoms with Gasteiger partial charge in [0.15, 0.2) is 9.84 Å². The van der Waals surface area contributed by atoms with E-state index in [2.05, 4.69) is 17.1 Å². The van der Waals surface area contributed by atoms with E-state index in [9.17, 15) is 23.1 Å². The highest BCUT2D eigenvalue weighted by Gasteiger charge is 2.54. The monoisotopic (exact) mass is 571 g/mol. The molecule has 2 N–H and O–H groups in total. The van der Waals surface area contributed by atoms with E-state index in [0.717, 1.165) is 18.4 Å². The van der Waals surface area contributed by atoms with Gasteiger partial charge < -0.3 is 20.1 Å². The van der Waals surface area contributed by atoms with Crippen molar-refractivity contribution in [3.8, 4) is 11.5 Å². The molecule has 2 aromatic carbocycles. The Hall–Kier alpha value is -2.95. The van der Waals surface area contributed by atoms with Gasteiger partial charge in [0.25, 0.3) is 0 Å². The number of ether oxygens (including phenoxy) is 1. The van der Waals surface area contributed by atoms with E-state index in [-0.39, 0.29) is 22.6 Å². The lowest BCUT2D eigenvalue weighted by atomic mass is 9.80. The number of carbonyl (C=O) groups excluding carboxylic acids is 2. The molecule has 10 heteroatoms. The van der Waals surface area contributed by atoms with Crippen molar-refractivity contribution < 1.29 is 27.9 Å². The summed E-state index contributed by atoms with van der Waals surface area (Å²) in [5, 5.41) is 13.5. The zero-order valence-corrected chi connectivity index (χ0v) is 24.6. The number of amides is 2. The average Bonchev–Trinajstić information content (AvgIpc) is 2.92. The van der Waals surface area contributed by atoms with Crippen molar-refractivity contribution in [3.63, 3.8) is 0 Å². The van der Waals surface area contributed by atoms with Crippen molar-refractivity contribution in [2.75, 3.05) is 25.9 Å². The standard InChI is InChI=1S/C30H41N3O6S/c1-5-6-17-33-28(35)26(27(34)21(2)3)31-29(36)30(33)15-18-32(19-16-30)20-22-7-9-23(10-8-22)39-24-11-13-25(14-12-24)40(4,37)38/h7-14,21,26-27,34H,5-6,15-20H2,1-4H3,(H,31,36). The highest BCUT2D eigenvalue weighted by Crippen LogP contribution is 2.35. The molecular weight excluding hydrogens is 530 g/mol. The number of nitrogens with one attached hydrogen (secondary N) is 1. The number of piperazine rings is 1. The van der Waals surface area contributed by atoms with E-state index in [0.29, 0.717) is 50.5 Å². The molecule has 4 rings (SSSR count). The zero-order chi connectivity index (χ0) is 29.1. The van der Waals surface area contributed by atoms with Gasteiger partial charge >= 0.3 is 0 Å². The molecule has 40 heavy (non-hydrogen) atoms. The molecule has 2 heterocycles. The van der Waals surface area contributed by atoms with Gasteiger partial charge in [-0.2, -0.15) is 0 Å². The Morgan fingerprint density at radius 2 is 1.60 bits per heavy atom. The van der Waals surface area contributed by atoms with Crippen LogP contribution >= 0.6 is 0 Å². The van der Waals surface area contributed by atoms with Crippen LogP contribution in [0.5, 0.6) is 11.5 Å². The Kier molecular flexibility index (Phi) is 9.22. The minimum Gasteiger partial charge on any atom is -0.457 e. The average molecular weight is 572 g/mol. The number of likely N-dealkylation sites (tertiary alicyclic amines) is 1. The summed E-state index contributed by atoms with van der Waals surface area (Å²) >= 11 is 0. The Labute approximate surface area is 237 Å². The van der Waals surface area contributed by atoms with Crippen LogP contribution in [0.4, 0.5) is 0 Å². The van der Waals surface area contributed by atoms with Crippen LogP contribution in [0.3, 0.4) is 0 Å². The molecule has 0 saturated carbocycles. The second-order valence-electron chi connectivity index (χ2n) is 11.3. The van der Waals surface area contributed by atoms with E-state index in [4.69, 9.17) is 4.74 Å². The summed E-state index contributed by atoms with van der Waals surface area (Å²) in [6.45, 7) is 8.33. The predicted octanol–water partition coefficient (Wildman–Crippen LogP) is 3.36. The minimum absolute atomic E-state index is 0.143. The van der Waals surface area contributed by atoms with Crippen LogP contribution in [0.25, 0.3) is 0 Å². The lowest BCUT2D eigenvalue weighted by Gasteiger charge is -2.52. The maximum absolute atomic E-state index is 13.5. The first-order valence-electron chi connectivity index (χ1n) is 14.0. The minimum atomic E-state index is -3.26. The van der Waals surface area contributed by atoms with Gasteiger partial charge in [-0.25, -0.2) is 8.42 Å². The molecule has 2 aliphatic heterocycles. The van der Waals surface area contributed by atoms with E-state index in [1.165, 1.54) is 18.4 Å². The number of unbranched alkanes of at least 4 members (excludes halogenated alkanes) is 1. The van der Waals surface area contributed by atoms with E-state index < -0.39 is 27.5 Å². The smallest absolute Gasteiger partial charge is 0.248 e. The Morgan fingerprint density at radius 1 is 1.02 bits per heavy atom. The molecule has 2 amide bonds. The van der Waals surface area contributed by atoms with Crippen molar-refractivity contribution in [3.05, 3.63) is 54.1 Å². The number of aliphatic hydroxyl groups excluding tert-OH is 1. The fourth-order valence-electron chi connectivity index (χ4n) is 5.49. The van der Waals surface area contributed by atoms with Gasteiger partial charge in [-0.05, 0) is 67.1 Å². The first-order valence-corrected chi connectivity index (χ1v) is 15.9. The molecule has 2 unspecified atom stereocenters. The molecule has 0 radical (unpaired) electrons. The number of sulfone groups is 1. The van der Waals surface area contributed by atoms with Crippen LogP contribution in [-0.4, -0.2) is 78.7 Å². The number of piperidine rings is 1. The van der Waals surface area contributed by atoms with Crippen LogP contribution in [-0.2, 0) is 26.0 Å². The molecule has 9 nitrogen and oxygen atoms in total. The topological polar surface area (TPSA) is 116 Å². The first kappa shape index (κ1) is 30.0. The van der Waals surface area contributed by atoms with Crippen molar-refractivity contribution in [1.29, 1.82) is 0 Å². The SMILES string of the molecule is CCCCN1C(=O)C(C(O)C(C)C)NC(=O)C12CCN(Cc1ccc(Oc3ccc(S(C)(=O)=O)cc3)cc1)CC2. The van der Waals surface area contributed by atoms with Crippen molar-refractivity contribution in [2.24, 2.45) is 5.92 Å². The van der Waals surface area contributed by atoms with Gasteiger partial charge in [-0.15, -0.1) is 0 Å². The van der Waals surface area contributed by atoms with Gasteiger partial charge in [0.05, 0.1) is 11.0 Å². The number of benzene rings is 2. The third-order valence-corrected chi connectivity index (χ3v) is 9.15. The fourth-order valence-corrected chi connectivity index (χ4v) is 6.12. The van der Waals surface area contributed by atoms with Crippen molar-refractivity contribution in [2.45, 2.75) is 75.6 Å². The van der Waals surface area contributed by atoms with Gasteiger partial charge in [-0.3, -0.25) is 14.5 Å². The molecule has 2 fully saturated rings. The Balaban J connectivity index is 1.38. The van der Waals surface area contributed by atoms with E-state index >= 15 is 0 Å². The Bertz CT molecular complexity index is 1290. The van der Waals surface area contributed by atoms with Gasteiger partial charge in [-0.1, -0.05) is 39.3 Å². The van der Waals surface area contributed by atoms with E-state index in [1.54, 1.807) is 17.0 Å². The summed E-state index contributed by atoms with van der Waals surface area (Å²) in [4.78, 5) is 31.3. The molecule has 2 aromatic rings. The van der Waals surface area contributed by atoms with Crippen LogP contribution < -0.4 is 10.1 Å². The molecule has 2 atom stereocenters. The summed E-state index contributed by atoms with van der Waals surface area (Å²) < 4.78 is 29.2. The largest absolute Gasteiger partial charge is 0.457 e. The first-order chi connectivity index (χ1) is 18.9. The summed E-state index contributed by atoms with van der Waals surface area (Å²) in [5.74, 6) is 0.728. The highest BCUT2D eigenvalue weighted by molar-refractivity contribution is 7.90. The summed E-state index contributed by atoms with van der Waals surface area (Å²) in [6, 6.07) is 13.2. The molecule has 1 spiro atoms. The molecule has 2 saturated heterocycles. The molecule has 218 valence electrons. The molecule has 2 aliphatic rings. The van der Waals surface area contributed by atoms with Crippen LogP contribution in [0, 0.1) is 5.92 Å². The zero-order valence-electron chi connectivity index (χ0n) is 23.8. The summed E-state index contributed by atoms with van der Waals surface area (Å²) in [5.41, 5.74) is 0.225. The van der Waals surface area contributed by atoms with Gasteiger partial charge in [0.1, 0.15) is 23.1 Å². The molecule has 0 bridgehead atoms. The molecule has 0 aliphatic carbocycles. The Morgan fingerprint density at radius 3 is 2.12 bits per heavy atom. The lowest BCUT2D eigenvalue weighted by Crippen LogP contribution is -2.74. The maximum atomic E-state index is 13.5. The van der Waals surface area contributed by atoms with Crippen molar-refractivity contribution >= 4 is 21.7 Å². The second-order valence-corrected chi connectivity index (χ2v) is 13.3. The number of hydrogen-bond donors (Lipinski definition) is 2. The quantitative estimate of drug-likeness (QED) is 0.449. The number of carbonyl (C=O) groups is 2. The summed E-state index contributed by atoms with van der Waals surface area (Å²) in [6.07, 6.45) is 3.07. The predicted molar refractivity (Wildman–Crippen MR) is 153 cm³/mol. The third-order valence-electron chi connectivity index (χ3n) is 8.02. The fraction of sp³-hybridized carbons (Fsp3) is 0.533. The number of hydrogen-bond acceptors (Lipinski definition) is 7. The molecular formula is C30H41N3O6S. The van der Waals surface area contributed by atoms with Gasteiger partial charge in [0, 0.05) is 32.4 Å². The van der Waals surface area contributed by atoms with Crippen LogP contribution in [0.15, 0.2) is 53.4 Å². The second kappa shape index (κ2) is 12.3. The van der Waals surface area contributed by atoms with Crippen molar-refractivity contribution in [1.82, 2.24) is 15.1 Å². The maximum Gasteiger partial charge on any atom is 0.248 e. The third kappa shape index (κ3) is 6.50. The van der Waals surface area contributed by atoms with Gasteiger partial charge in [0.2, 0.25) is 11.8 Å². The highest BCUT2D eigenvalue weighted by atomic mass is 32.2. The summed E-state index contributed by atoms with van der Waals surface area (Å²) in [7, 11) is -3.26. The number of rotatable bonds is 10. The van der Waals surface area contributed by atoms with E-state index in [1.807, 2.05) is 38.1 Å². The van der Waals surface area contributed by atoms with Crippen LogP contribution in [0.1, 0.15) is 52.0 Å². The molecule has 0 aromatic heterocycles. The number of aliphatic hydroxyl groups is 1.